The van der Waals surface area contributed by atoms with Crippen molar-refractivity contribution in [2.75, 3.05) is 13.2 Å². The number of hydrogen-bond donors (Lipinski definition) is 10. The maximum atomic E-state index is 12.6. The molecule has 0 aromatic rings. The molecular weight excluding hydrogens is 728 g/mol. The van der Waals surface area contributed by atoms with Crippen LogP contribution in [0.1, 0.15) is 107 Å². The summed E-state index contributed by atoms with van der Waals surface area (Å²) in [7, 11) is 0. The summed E-state index contributed by atoms with van der Waals surface area (Å²) in [5, 5.41) is 109. The molecule has 0 aromatic heterocycles. The van der Waals surface area contributed by atoms with Gasteiger partial charge in [0.05, 0.1) is 37.1 Å². The van der Waals surface area contributed by atoms with Crippen LogP contribution in [0.15, 0.2) is 11.6 Å². The van der Waals surface area contributed by atoms with Crippen LogP contribution in [0.5, 0.6) is 0 Å². The summed E-state index contributed by atoms with van der Waals surface area (Å²) in [6.07, 6.45) is -9.52. The lowest BCUT2D eigenvalue weighted by molar-refractivity contribution is -0.349. The first-order chi connectivity index (χ1) is 26.0. The fraction of sp³-hybridized carbons (Fsp3) is 0.952. The predicted molar refractivity (Wildman–Crippen MR) is 202 cm³/mol. The minimum atomic E-state index is -1.61. The van der Waals surface area contributed by atoms with Gasteiger partial charge in [0.1, 0.15) is 48.8 Å². The van der Waals surface area contributed by atoms with E-state index in [4.69, 9.17) is 18.9 Å². The lowest BCUT2D eigenvalue weighted by atomic mass is 9.34. The summed E-state index contributed by atoms with van der Waals surface area (Å²) >= 11 is 0. The van der Waals surface area contributed by atoms with E-state index < -0.39 is 120 Å². The van der Waals surface area contributed by atoms with Gasteiger partial charge >= 0.3 is 0 Å². The number of rotatable bonds is 10. The van der Waals surface area contributed by atoms with Crippen molar-refractivity contribution in [1.29, 1.82) is 0 Å². The highest BCUT2D eigenvalue weighted by Crippen LogP contribution is 2.76. The molecule has 0 aromatic carbocycles. The van der Waals surface area contributed by atoms with E-state index in [2.05, 4.69) is 26.8 Å². The van der Waals surface area contributed by atoms with Gasteiger partial charge in [-0.25, -0.2) is 0 Å². The Hall–Kier alpha value is -0.820. The maximum Gasteiger partial charge on any atom is 0.187 e. The first kappa shape index (κ1) is 44.7. The van der Waals surface area contributed by atoms with Crippen molar-refractivity contribution in [3.63, 3.8) is 0 Å². The molecule has 0 spiro atoms. The van der Waals surface area contributed by atoms with Gasteiger partial charge in [0.2, 0.25) is 0 Å². The van der Waals surface area contributed by atoms with Gasteiger partial charge in [0, 0.05) is 0 Å². The maximum absolute atomic E-state index is 12.6. The Labute approximate surface area is 331 Å². The van der Waals surface area contributed by atoms with Gasteiger partial charge in [-0.1, -0.05) is 46.3 Å². The third-order valence-corrected chi connectivity index (χ3v) is 16.6. The molecule has 6 aliphatic rings. The molecule has 2 saturated heterocycles. The van der Waals surface area contributed by atoms with Crippen molar-refractivity contribution in [3.8, 4) is 0 Å². The van der Waals surface area contributed by atoms with Gasteiger partial charge in [0.25, 0.3) is 0 Å². The first-order valence-electron chi connectivity index (χ1n) is 21.0. The minimum Gasteiger partial charge on any atom is -0.394 e. The average molecular weight is 801 g/mol. The lowest BCUT2D eigenvalue weighted by Crippen LogP contribution is -2.71. The molecule has 0 bridgehead atoms. The fourth-order valence-corrected chi connectivity index (χ4v) is 13.5. The molecule has 56 heavy (non-hydrogen) atoms. The van der Waals surface area contributed by atoms with E-state index >= 15 is 0 Å². The molecule has 14 nitrogen and oxygen atoms in total. The van der Waals surface area contributed by atoms with Crippen molar-refractivity contribution in [2.24, 2.45) is 45.3 Å². The largest absolute Gasteiger partial charge is 0.394 e. The Balaban J connectivity index is 1.39. The smallest absolute Gasteiger partial charge is 0.187 e. The molecule has 0 amide bonds. The van der Waals surface area contributed by atoms with Crippen LogP contribution in [0, 0.1) is 45.3 Å². The zero-order valence-corrected chi connectivity index (χ0v) is 34.6. The molecule has 4 saturated carbocycles. The Bertz CT molecular complexity index is 1400. The predicted octanol–water partition coefficient (Wildman–Crippen LogP) is 1.12. The van der Waals surface area contributed by atoms with Crippen molar-refractivity contribution >= 4 is 0 Å². The average Bonchev–Trinajstić information content (AvgIpc) is 3.52. The molecule has 324 valence electrons. The summed E-state index contributed by atoms with van der Waals surface area (Å²) in [6.45, 7) is 15.7. The fourth-order valence-electron chi connectivity index (χ4n) is 13.5. The van der Waals surface area contributed by atoms with Crippen LogP contribution in [-0.2, 0) is 18.9 Å². The Morgan fingerprint density at radius 2 is 1.32 bits per heavy atom. The van der Waals surface area contributed by atoms with Gasteiger partial charge in [-0.3, -0.25) is 0 Å². The second-order valence-corrected chi connectivity index (χ2v) is 20.2. The molecule has 2 aliphatic heterocycles. The third-order valence-electron chi connectivity index (χ3n) is 16.6. The van der Waals surface area contributed by atoms with Crippen LogP contribution >= 0.6 is 0 Å². The van der Waals surface area contributed by atoms with E-state index in [1.54, 1.807) is 0 Å². The minimum absolute atomic E-state index is 0.000258. The molecule has 14 heteroatoms. The topological polar surface area (TPSA) is 239 Å². The molecule has 6 rings (SSSR count). The van der Waals surface area contributed by atoms with Crippen molar-refractivity contribution in [2.45, 2.75) is 192 Å². The van der Waals surface area contributed by atoms with Gasteiger partial charge < -0.3 is 70.0 Å². The second-order valence-electron chi connectivity index (χ2n) is 20.2. The number of allylic oxidation sites excluding steroid dienone is 2. The molecule has 4 aliphatic carbocycles. The molecule has 6 fully saturated rings. The summed E-state index contributed by atoms with van der Waals surface area (Å²) < 4.78 is 25.4. The molecular formula is C42H72O14. The van der Waals surface area contributed by atoms with Crippen molar-refractivity contribution in [1.82, 2.24) is 0 Å². The number of hydrogen-bond acceptors (Lipinski definition) is 14. The van der Waals surface area contributed by atoms with Gasteiger partial charge in [0.15, 0.2) is 12.6 Å². The quantitative estimate of drug-likeness (QED) is 0.110. The van der Waals surface area contributed by atoms with E-state index in [1.807, 2.05) is 34.6 Å². The van der Waals surface area contributed by atoms with E-state index in [-0.39, 0.29) is 23.7 Å². The van der Waals surface area contributed by atoms with Crippen molar-refractivity contribution in [3.05, 3.63) is 11.6 Å². The molecule has 0 radical (unpaired) electrons. The van der Waals surface area contributed by atoms with E-state index in [0.717, 1.165) is 12.0 Å². The van der Waals surface area contributed by atoms with E-state index in [1.165, 1.54) is 0 Å². The van der Waals surface area contributed by atoms with Gasteiger partial charge in [-0.05, 0) is 117 Å². The Morgan fingerprint density at radius 1 is 0.750 bits per heavy atom. The second kappa shape index (κ2) is 15.9. The van der Waals surface area contributed by atoms with E-state index in [0.29, 0.717) is 44.9 Å². The number of aliphatic hydroxyl groups excluding tert-OH is 10. The zero-order valence-electron chi connectivity index (χ0n) is 34.6. The summed E-state index contributed by atoms with van der Waals surface area (Å²) in [5.74, 6) is -0.781. The molecule has 21 atom stereocenters. The summed E-state index contributed by atoms with van der Waals surface area (Å²) in [4.78, 5) is 0. The highest BCUT2D eigenvalue weighted by atomic mass is 16.7. The molecule has 10 N–H and O–H groups in total. The number of fused-ring (bicyclic) bond motifs is 5. The first-order valence-corrected chi connectivity index (χ1v) is 21.0. The highest BCUT2D eigenvalue weighted by molar-refractivity contribution is 5.22. The Morgan fingerprint density at radius 3 is 1.89 bits per heavy atom. The number of aliphatic hydroxyl groups is 10. The van der Waals surface area contributed by atoms with Crippen LogP contribution in [0.25, 0.3) is 0 Å². The Kier molecular flexibility index (Phi) is 12.7. The lowest BCUT2D eigenvalue weighted by Gasteiger charge is -2.72. The van der Waals surface area contributed by atoms with Crippen LogP contribution in [-0.4, -0.2) is 150 Å². The summed E-state index contributed by atoms with van der Waals surface area (Å²) in [5.41, 5.74) is -1.92. The molecule has 2 heterocycles. The SMILES string of the molecule is CC(C)=CCC[C@](C)(O[C@H]1O[C@@H](CO)[C@H](O)[C@@H](O)[C@@H]1O)[C@@H]1CC[C@]2(C)[C@@H]1[C@H](O)C[C@@H]1[C@]3(C)CC[C@H](O)C(C)(C)[C@@H]3[C@H](O[C@@H]3O[C@H](CO)[C@@H](O)[C@@H](O)[C@@H]3O)C[C@@]12C. The van der Waals surface area contributed by atoms with Crippen LogP contribution in [0.2, 0.25) is 0 Å². The zero-order chi connectivity index (χ0) is 41.5. The summed E-state index contributed by atoms with van der Waals surface area (Å²) in [6, 6.07) is 0. The van der Waals surface area contributed by atoms with E-state index in [9.17, 15) is 51.1 Å². The normalized spacial score (nSPS) is 52.6. The van der Waals surface area contributed by atoms with Crippen molar-refractivity contribution < 1.29 is 70.0 Å². The standard InChI is InChI=1S/C42H72O14/c1-20(2)10-9-13-42(8,56-37-34(52)32(50)30(48)25(19-44)55-37)21-11-15-40(6)28(21)22(45)16-26-39(5)14-12-27(46)38(3,4)35(39)23(17-41(26,40)7)53-36-33(51)31(49)29(47)24(18-43)54-36/h10,21-37,43-52H,9,11-19H2,1-8H3/t21-,22-,23-,24-,25+,26-,27+,28+,29-,30+,31-,32-,33+,34+,35+,36-,37-,39+,40-,41+,42+/m1/s1. The van der Waals surface area contributed by atoms with Crippen LogP contribution in [0.3, 0.4) is 0 Å². The highest BCUT2D eigenvalue weighted by Gasteiger charge is 2.74. The van der Waals surface area contributed by atoms with Gasteiger partial charge in [-0.2, -0.15) is 0 Å². The van der Waals surface area contributed by atoms with Crippen LogP contribution in [0.4, 0.5) is 0 Å². The monoisotopic (exact) mass is 800 g/mol. The molecule has 0 unspecified atom stereocenters. The third kappa shape index (κ3) is 7.06. The number of ether oxygens (including phenoxy) is 4. The van der Waals surface area contributed by atoms with Gasteiger partial charge in [-0.15, -0.1) is 0 Å². The van der Waals surface area contributed by atoms with Crippen LogP contribution < -0.4 is 0 Å².